The number of benzene rings is 2. The Kier molecular flexibility index (Phi) is 8.21. The first-order valence-electron chi connectivity index (χ1n) is 8.58. The molecule has 0 radical (unpaired) electrons. The highest BCUT2D eigenvalue weighted by atomic mass is 15.3. The van der Waals surface area contributed by atoms with Crippen molar-refractivity contribution < 1.29 is 0 Å². The SMILES string of the molecule is N#CCN(CCc1ccccc1)CN(CC#N)CCc1ccccc1. The summed E-state index contributed by atoms with van der Waals surface area (Å²) in [5.74, 6) is 0. The summed E-state index contributed by atoms with van der Waals surface area (Å²) in [5.41, 5.74) is 2.53. The van der Waals surface area contributed by atoms with Gasteiger partial charge in [0, 0.05) is 13.1 Å². The minimum atomic E-state index is 0.375. The highest BCUT2D eigenvalue weighted by molar-refractivity contribution is 5.15. The lowest BCUT2D eigenvalue weighted by molar-refractivity contribution is 0.159. The molecule has 0 aliphatic carbocycles. The lowest BCUT2D eigenvalue weighted by Gasteiger charge is -2.27. The van der Waals surface area contributed by atoms with E-state index in [1.165, 1.54) is 11.1 Å². The fourth-order valence-electron chi connectivity index (χ4n) is 2.75. The zero-order valence-electron chi connectivity index (χ0n) is 14.5. The van der Waals surface area contributed by atoms with Crippen LogP contribution < -0.4 is 0 Å². The minimum Gasteiger partial charge on any atom is -0.277 e. The third-order valence-corrected chi connectivity index (χ3v) is 4.11. The van der Waals surface area contributed by atoms with Crippen LogP contribution in [0.4, 0.5) is 0 Å². The molecule has 0 spiro atoms. The van der Waals surface area contributed by atoms with Crippen LogP contribution in [0, 0.1) is 22.7 Å². The molecule has 2 aromatic carbocycles. The van der Waals surface area contributed by atoms with Crippen LogP contribution in [0.15, 0.2) is 60.7 Å². The fourth-order valence-corrected chi connectivity index (χ4v) is 2.75. The number of hydrogen-bond donors (Lipinski definition) is 0. The van der Waals surface area contributed by atoms with Crippen LogP contribution in [0.5, 0.6) is 0 Å². The molecule has 25 heavy (non-hydrogen) atoms. The Hall–Kier alpha value is -2.66. The molecule has 0 amide bonds. The van der Waals surface area contributed by atoms with Crippen molar-refractivity contribution in [2.75, 3.05) is 32.8 Å². The topological polar surface area (TPSA) is 54.1 Å². The molecule has 4 nitrogen and oxygen atoms in total. The third-order valence-electron chi connectivity index (χ3n) is 4.11. The zero-order valence-corrected chi connectivity index (χ0v) is 14.5. The molecule has 0 atom stereocenters. The van der Waals surface area contributed by atoms with Crippen LogP contribution in [0.3, 0.4) is 0 Å². The maximum Gasteiger partial charge on any atom is 0.0876 e. The number of nitrogens with zero attached hydrogens (tertiary/aromatic N) is 4. The lowest BCUT2D eigenvalue weighted by atomic mass is 10.1. The lowest BCUT2D eigenvalue weighted by Crippen LogP contribution is -2.40. The molecule has 0 aromatic heterocycles. The van der Waals surface area contributed by atoms with E-state index in [1.807, 2.05) is 36.4 Å². The van der Waals surface area contributed by atoms with Crippen molar-refractivity contribution in [3.63, 3.8) is 0 Å². The molecular formula is C21H24N4. The quantitative estimate of drug-likeness (QED) is 0.495. The maximum absolute atomic E-state index is 9.11. The predicted octanol–water partition coefficient (Wildman–Crippen LogP) is 3.08. The Morgan fingerprint density at radius 1 is 0.640 bits per heavy atom. The summed E-state index contributed by atoms with van der Waals surface area (Å²) in [6.45, 7) is 3.01. The minimum absolute atomic E-state index is 0.375. The Morgan fingerprint density at radius 3 is 1.40 bits per heavy atom. The molecule has 4 heteroatoms. The summed E-state index contributed by atoms with van der Waals surface area (Å²) in [7, 11) is 0. The van der Waals surface area contributed by atoms with Crippen molar-refractivity contribution in [2.24, 2.45) is 0 Å². The monoisotopic (exact) mass is 332 g/mol. The van der Waals surface area contributed by atoms with Gasteiger partial charge in [0.15, 0.2) is 0 Å². The van der Waals surface area contributed by atoms with Crippen molar-refractivity contribution in [3.05, 3.63) is 71.8 Å². The second-order valence-corrected chi connectivity index (χ2v) is 6.03. The normalized spacial score (nSPS) is 10.6. The maximum atomic E-state index is 9.11. The molecule has 128 valence electrons. The van der Waals surface area contributed by atoms with Gasteiger partial charge >= 0.3 is 0 Å². The van der Waals surface area contributed by atoms with Gasteiger partial charge in [-0.05, 0) is 24.0 Å². The smallest absolute Gasteiger partial charge is 0.0876 e. The molecule has 0 saturated heterocycles. The first kappa shape index (κ1) is 18.7. The molecule has 0 aliphatic rings. The van der Waals surface area contributed by atoms with Crippen molar-refractivity contribution in [1.82, 2.24) is 9.80 Å². The van der Waals surface area contributed by atoms with Gasteiger partial charge in [0.2, 0.25) is 0 Å². The molecule has 0 fully saturated rings. The summed E-state index contributed by atoms with van der Waals surface area (Å²) < 4.78 is 0. The van der Waals surface area contributed by atoms with E-state index >= 15 is 0 Å². The molecule has 0 heterocycles. The molecule has 0 unspecified atom stereocenters. The Balaban J connectivity index is 1.89. The van der Waals surface area contributed by atoms with E-state index < -0.39 is 0 Å². The summed E-state index contributed by atoms with van der Waals surface area (Å²) in [4.78, 5) is 4.21. The standard InChI is InChI=1S/C21H24N4/c22-13-17-24(15-11-20-7-3-1-4-8-20)19-25(18-14-23)16-12-21-9-5-2-6-10-21/h1-10H,11-12,15-19H2. The average molecular weight is 332 g/mol. The molecule has 0 aliphatic heterocycles. The van der Waals surface area contributed by atoms with Crippen molar-refractivity contribution in [3.8, 4) is 12.1 Å². The van der Waals surface area contributed by atoms with E-state index in [1.54, 1.807) is 0 Å². The fraction of sp³-hybridized carbons (Fsp3) is 0.333. The van der Waals surface area contributed by atoms with Crippen LogP contribution >= 0.6 is 0 Å². The summed E-state index contributed by atoms with van der Waals surface area (Å²) in [5, 5.41) is 18.2. The van der Waals surface area contributed by atoms with Gasteiger partial charge in [0.05, 0.1) is 31.9 Å². The first-order valence-corrected chi connectivity index (χ1v) is 8.58. The summed E-state index contributed by atoms with van der Waals surface area (Å²) >= 11 is 0. The van der Waals surface area contributed by atoms with Gasteiger partial charge < -0.3 is 0 Å². The van der Waals surface area contributed by atoms with Crippen molar-refractivity contribution in [2.45, 2.75) is 12.8 Å². The van der Waals surface area contributed by atoms with E-state index in [2.05, 4.69) is 46.2 Å². The Bertz CT molecular complexity index is 624. The summed E-state index contributed by atoms with van der Waals surface area (Å²) in [6, 6.07) is 25.1. The van der Waals surface area contributed by atoms with Crippen LogP contribution in [0.25, 0.3) is 0 Å². The molecule has 2 aromatic rings. The predicted molar refractivity (Wildman–Crippen MR) is 99.5 cm³/mol. The van der Waals surface area contributed by atoms with E-state index in [0.717, 1.165) is 25.9 Å². The molecule has 2 rings (SSSR count). The van der Waals surface area contributed by atoms with Gasteiger partial charge in [-0.2, -0.15) is 10.5 Å². The third kappa shape index (κ3) is 7.18. The first-order chi connectivity index (χ1) is 12.3. The van der Waals surface area contributed by atoms with Gasteiger partial charge in [-0.3, -0.25) is 9.80 Å². The molecule has 0 N–H and O–H groups in total. The number of rotatable bonds is 10. The van der Waals surface area contributed by atoms with Crippen LogP contribution in [-0.4, -0.2) is 42.6 Å². The van der Waals surface area contributed by atoms with Gasteiger partial charge in [-0.1, -0.05) is 60.7 Å². The van der Waals surface area contributed by atoms with E-state index in [-0.39, 0.29) is 0 Å². The summed E-state index contributed by atoms with van der Waals surface area (Å²) in [6.07, 6.45) is 1.81. The van der Waals surface area contributed by atoms with E-state index in [9.17, 15) is 0 Å². The molecule has 0 bridgehead atoms. The highest BCUT2D eigenvalue weighted by Gasteiger charge is 2.11. The van der Waals surface area contributed by atoms with Crippen molar-refractivity contribution in [1.29, 1.82) is 10.5 Å². The van der Waals surface area contributed by atoms with Gasteiger partial charge in [0.25, 0.3) is 0 Å². The number of nitriles is 2. The van der Waals surface area contributed by atoms with Crippen molar-refractivity contribution >= 4 is 0 Å². The highest BCUT2D eigenvalue weighted by Crippen LogP contribution is 2.05. The van der Waals surface area contributed by atoms with Gasteiger partial charge in [-0.15, -0.1) is 0 Å². The van der Waals surface area contributed by atoms with Crippen LogP contribution in [0.1, 0.15) is 11.1 Å². The Labute approximate surface area is 150 Å². The largest absolute Gasteiger partial charge is 0.277 e. The second-order valence-electron chi connectivity index (χ2n) is 6.03. The molecule has 0 saturated carbocycles. The van der Waals surface area contributed by atoms with E-state index in [4.69, 9.17) is 10.5 Å². The average Bonchev–Trinajstić information content (AvgIpc) is 2.66. The number of hydrogen-bond acceptors (Lipinski definition) is 4. The molecular weight excluding hydrogens is 308 g/mol. The second kappa shape index (κ2) is 11.0. The van der Waals surface area contributed by atoms with Gasteiger partial charge in [0.1, 0.15) is 0 Å². The van der Waals surface area contributed by atoms with Gasteiger partial charge in [-0.25, -0.2) is 0 Å². The Morgan fingerprint density at radius 2 is 1.04 bits per heavy atom. The van der Waals surface area contributed by atoms with Crippen LogP contribution in [0.2, 0.25) is 0 Å². The van der Waals surface area contributed by atoms with Crippen LogP contribution in [-0.2, 0) is 12.8 Å². The van der Waals surface area contributed by atoms with E-state index in [0.29, 0.717) is 19.8 Å². The zero-order chi connectivity index (χ0) is 17.7.